The number of nitrogens with one attached hydrogen (secondary N) is 1. The largest absolute Gasteiger partial charge is 0.497 e. The molecule has 2 aromatic carbocycles. The number of rotatable bonds is 6. The molecule has 1 N–H and O–H groups in total. The van der Waals surface area contributed by atoms with Crippen LogP contribution in [0, 0.1) is 6.92 Å². The molecule has 6 nitrogen and oxygen atoms in total. The van der Waals surface area contributed by atoms with E-state index in [0.29, 0.717) is 18.7 Å². The van der Waals surface area contributed by atoms with Gasteiger partial charge in [-0.15, -0.1) is 11.3 Å². The minimum absolute atomic E-state index is 0.0364. The van der Waals surface area contributed by atoms with Crippen molar-refractivity contribution in [3.63, 3.8) is 0 Å². The molecule has 0 unspecified atom stereocenters. The lowest BCUT2D eigenvalue weighted by molar-refractivity contribution is -0.120. The SMILES string of the molecule is COc1ccc(-c2nc(C)c(CC(=O)NCc3ccc4c(c3)OCO4)s2)cc1. The van der Waals surface area contributed by atoms with Gasteiger partial charge in [0.05, 0.1) is 19.2 Å². The molecule has 4 rings (SSSR count). The fourth-order valence-electron chi connectivity index (χ4n) is 2.91. The summed E-state index contributed by atoms with van der Waals surface area (Å²) in [5.74, 6) is 2.22. The molecule has 0 saturated heterocycles. The molecule has 0 saturated carbocycles. The van der Waals surface area contributed by atoms with Crippen LogP contribution >= 0.6 is 11.3 Å². The number of carbonyl (C=O) groups is 1. The van der Waals surface area contributed by atoms with Crippen LogP contribution in [-0.4, -0.2) is 24.8 Å². The number of aryl methyl sites for hydroxylation is 1. The Balaban J connectivity index is 1.38. The summed E-state index contributed by atoms with van der Waals surface area (Å²) in [5.41, 5.74) is 2.87. The zero-order valence-electron chi connectivity index (χ0n) is 15.7. The number of amides is 1. The molecular weight excluding hydrogens is 376 g/mol. The van der Waals surface area contributed by atoms with E-state index in [1.54, 1.807) is 18.4 Å². The smallest absolute Gasteiger partial charge is 0.231 e. The first-order chi connectivity index (χ1) is 13.6. The van der Waals surface area contributed by atoms with Crippen molar-refractivity contribution >= 4 is 17.2 Å². The van der Waals surface area contributed by atoms with E-state index in [1.807, 2.05) is 49.4 Å². The van der Waals surface area contributed by atoms with Crippen LogP contribution in [0.2, 0.25) is 0 Å². The molecule has 0 radical (unpaired) electrons. The average Bonchev–Trinajstić information content (AvgIpc) is 3.33. The predicted octanol–water partition coefficient (Wildman–Crippen LogP) is 3.71. The molecule has 3 aromatic rings. The summed E-state index contributed by atoms with van der Waals surface area (Å²) in [4.78, 5) is 18.0. The number of carbonyl (C=O) groups excluding carboxylic acids is 1. The Morgan fingerprint density at radius 1 is 1.18 bits per heavy atom. The number of fused-ring (bicyclic) bond motifs is 1. The van der Waals surface area contributed by atoms with Crippen molar-refractivity contribution in [2.75, 3.05) is 13.9 Å². The molecule has 2 heterocycles. The average molecular weight is 396 g/mol. The van der Waals surface area contributed by atoms with E-state index in [9.17, 15) is 4.79 Å². The Morgan fingerprint density at radius 3 is 2.75 bits per heavy atom. The van der Waals surface area contributed by atoms with Gasteiger partial charge in [-0.25, -0.2) is 4.98 Å². The van der Waals surface area contributed by atoms with Gasteiger partial charge in [-0.05, 0) is 48.9 Å². The lowest BCUT2D eigenvalue weighted by atomic mass is 10.2. The summed E-state index contributed by atoms with van der Waals surface area (Å²) in [7, 11) is 1.64. The molecule has 0 atom stereocenters. The molecule has 7 heteroatoms. The van der Waals surface area contributed by atoms with Crippen molar-refractivity contribution in [2.24, 2.45) is 0 Å². The van der Waals surface area contributed by atoms with Gasteiger partial charge >= 0.3 is 0 Å². The number of nitrogens with zero attached hydrogens (tertiary/aromatic N) is 1. The molecule has 144 valence electrons. The third-order valence-corrected chi connectivity index (χ3v) is 5.68. The highest BCUT2D eigenvalue weighted by Gasteiger charge is 2.15. The normalized spacial score (nSPS) is 12.1. The molecule has 1 aromatic heterocycles. The Hall–Kier alpha value is -3.06. The van der Waals surface area contributed by atoms with Crippen molar-refractivity contribution in [3.8, 4) is 27.8 Å². The van der Waals surface area contributed by atoms with E-state index in [4.69, 9.17) is 14.2 Å². The van der Waals surface area contributed by atoms with Crippen molar-refractivity contribution in [2.45, 2.75) is 19.9 Å². The molecular formula is C21H20N2O4S. The van der Waals surface area contributed by atoms with Crippen LogP contribution < -0.4 is 19.5 Å². The van der Waals surface area contributed by atoms with Gasteiger partial charge in [-0.3, -0.25) is 4.79 Å². The summed E-state index contributed by atoms with van der Waals surface area (Å²) < 4.78 is 15.9. The number of aromatic nitrogens is 1. The summed E-state index contributed by atoms with van der Waals surface area (Å²) in [6.07, 6.45) is 0.310. The van der Waals surface area contributed by atoms with E-state index < -0.39 is 0 Å². The second-order valence-corrected chi connectivity index (χ2v) is 7.48. The zero-order chi connectivity index (χ0) is 19.5. The van der Waals surface area contributed by atoms with Crippen LogP contribution in [0.15, 0.2) is 42.5 Å². The van der Waals surface area contributed by atoms with Gasteiger partial charge in [0.25, 0.3) is 0 Å². The van der Waals surface area contributed by atoms with Crippen molar-refractivity contribution < 1.29 is 19.0 Å². The third-order valence-electron chi connectivity index (χ3n) is 4.48. The molecule has 1 aliphatic rings. The maximum atomic E-state index is 12.4. The standard InChI is InChI=1S/C21H20N2O4S/c1-13-19(28-21(23-13)15-4-6-16(25-2)7-5-15)10-20(24)22-11-14-3-8-17-18(9-14)27-12-26-17/h3-9H,10-12H2,1-2H3,(H,22,24). The summed E-state index contributed by atoms with van der Waals surface area (Å²) >= 11 is 1.54. The first kappa shape index (κ1) is 18.3. The molecule has 0 fully saturated rings. The predicted molar refractivity (Wildman–Crippen MR) is 107 cm³/mol. The highest BCUT2D eigenvalue weighted by molar-refractivity contribution is 7.15. The molecule has 28 heavy (non-hydrogen) atoms. The molecule has 0 spiro atoms. The number of ether oxygens (including phenoxy) is 3. The fraction of sp³-hybridized carbons (Fsp3) is 0.238. The van der Waals surface area contributed by atoms with E-state index in [2.05, 4.69) is 10.3 Å². The molecule has 1 amide bonds. The first-order valence-corrected chi connectivity index (χ1v) is 9.70. The monoisotopic (exact) mass is 396 g/mol. The summed E-state index contributed by atoms with van der Waals surface area (Å²) in [6, 6.07) is 13.4. The third kappa shape index (κ3) is 3.94. The molecule has 1 aliphatic heterocycles. The van der Waals surface area contributed by atoms with Crippen molar-refractivity contribution in [3.05, 3.63) is 58.6 Å². The van der Waals surface area contributed by atoms with Gasteiger partial charge in [0.2, 0.25) is 12.7 Å². The van der Waals surface area contributed by atoms with Crippen molar-refractivity contribution in [1.82, 2.24) is 10.3 Å². The van der Waals surface area contributed by atoms with E-state index in [-0.39, 0.29) is 12.7 Å². The van der Waals surface area contributed by atoms with Crippen LogP contribution in [0.25, 0.3) is 10.6 Å². The van der Waals surface area contributed by atoms with Gasteiger partial charge < -0.3 is 19.5 Å². The van der Waals surface area contributed by atoms with Gasteiger partial charge in [0.1, 0.15) is 10.8 Å². The van der Waals surface area contributed by atoms with Gasteiger partial charge in [0, 0.05) is 17.0 Å². The molecule has 0 aliphatic carbocycles. The molecule has 0 bridgehead atoms. The first-order valence-electron chi connectivity index (χ1n) is 8.88. The fourth-order valence-corrected chi connectivity index (χ4v) is 3.98. The minimum Gasteiger partial charge on any atom is -0.497 e. The maximum Gasteiger partial charge on any atom is 0.231 e. The van der Waals surface area contributed by atoms with Crippen LogP contribution in [0.3, 0.4) is 0 Å². The minimum atomic E-state index is -0.0364. The summed E-state index contributed by atoms with van der Waals surface area (Å²) in [5, 5.41) is 3.86. The number of hydrogen-bond donors (Lipinski definition) is 1. The van der Waals surface area contributed by atoms with Gasteiger partial charge in [-0.1, -0.05) is 6.07 Å². The van der Waals surface area contributed by atoms with Crippen LogP contribution in [0.5, 0.6) is 17.2 Å². The van der Waals surface area contributed by atoms with Crippen LogP contribution in [0.4, 0.5) is 0 Å². The van der Waals surface area contributed by atoms with E-state index >= 15 is 0 Å². The number of methoxy groups -OCH3 is 1. The highest BCUT2D eigenvalue weighted by atomic mass is 32.1. The van der Waals surface area contributed by atoms with Crippen LogP contribution in [-0.2, 0) is 17.8 Å². The van der Waals surface area contributed by atoms with E-state index in [1.165, 1.54) is 0 Å². The van der Waals surface area contributed by atoms with E-state index in [0.717, 1.165) is 38.2 Å². The quantitative estimate of drug-likeness (QED) is 0.688. The highest BCUT2D eigenvalue weighted by Crippen LogP contribution is 2.32. The number of hydrogen-bond acceptors (Lipinski definition) is 6. The Labute approximate surface area is 167 Å². The maximum absolute atomic E-state index is 12.4. The van der Waals surface area contributed by atoms with Crippen molar-refractivity contribution in [1.29, 1.82) is 0 Å². The Bertz CT molecular complexity index is 998. The van der Waals surface area contributed by atoms with Gasteiger partial charge in [0.15, 0.2) is 11.5 Å². The summed E-state index contributed by atoms with van der Waals surface area (Å²) in [6.45, 7) is 2.62. The lowest BCUT2D eigenvalue weighted by Crippen LogP contribution is -2.24. The zero-order valence-corrected chi connectivity index (χ0v) is 16.5. The Morgan fingerprint density at radius 2 is 1.96 bits per heavy atom. The lowest BCUT2D eigenvalue weighted by Gasteiger charge is -2.06. The number of thiazole rings is 1. The number of benzene rings is 2. The Kier molecular flexibility index (Phi) is 5.16. The second-order valence-electron chi connectivity index (χ2n) is 6.40. The van der Waals surface area contributed by atoms with Crippen LogP contribution in [0.1, 0.15) is 16.1 Å². The van der Waals surface area contributed by atoms with Gasteiger partial charge in [-0.2, -0.15) is 0 Å². The second kappa shape index (κ2) is 7.90. The topological polar surface area (TPSA) is 69.7 Å².